The van der Waals surface area contributed by atoms with Crippen molar-refractivity contribution in [1.29, 1.82) is 0 Å². The van der Waals surface area contributed by atoms with Gasteiger partial charge in [-0.2, -0.15) is 0 Å². The number of alkyl carbamates (subject to hydrolysis) is 1. The first-order valence-corrected chi connectivity index (χ1v) is 12.4. The summed E-state index contributed by atoms with van der Waals surface area (Å²) in [5.74, 6) is -0.174. The molecule has 2 aromatic rings. The number of carbonyl (C=O) groups is 4. The number of piperazine rings is 1. The Balaban J connectivity index is 1.34. The smallest absolute Gasteiger partial charge is 0.408 e. The van der Waals surface area contributed by atoms with Gasteiger partial charge in [-0.3, -0.25) is 9.59 Å². The van der Waals surface area contributed by atoms with Gasteiger partial charge >= 0.3 is 12.1 Å². The van der Waals surface area contributed by atoms with Crippen molar-refractivity contribution in [3.05, 3.63) is 60.2 Å². The number of hydrogen-bond donors (Lipinski definition) is 2. The molecule has 11 nitrogen and oxygen atoms in total. The number of carbonyl (C=O) groups excluding carboxylic acids is 3. The first-order chi connectivity index (χ1) is 18.4. The predicted molar refractivity (Wildman–Crippen MR) is 137 cm³/mol. The van der Waals surface area contributed by atoms with Crippen LogP contribution in [0.2, 0.25) is 0 Å². The van der Waals surface area contributed by atoms with Crippen LogP contribution in [-0.2, 0) is 25.7 Å². The zero-order chi connectivity index (χ0) is 27.3. The lowest BCUT2D eigenvalue weighted by Gasteiger charge is -2.35. The number of aliphatic carboxylic acids is 1. The molecule has 0 unspecified atom stereocenters. The second kappa shape index (κ2) is 14.5. The SMILES string of the molecule is COc1ccc(OCCC(=O)N2CCN(C(=O)CC[C@H](NC(=O)OCc3ccccc3)C(=O)O)CC2)cc1. The topological polar surface area (TPSA) is 135 Å². The van der Waals surface area contributed by atoms with Gasteiger partial charge in [-0.1, -0.05) is 30.3 Å². The highest BCUT2D eigenvalue weighted by atomic mass is 16.5. The predicted octanol–water partition coefficient (Wildman–Crippen LogP) is 2.29. The van der Waals surface area contributed by atoms with Crippen molar-refractivity contribution < 1.29 is 38.5 Å². The molecule has 0 aliphatic carbocycles. The Bertz CT molecular complexity index is 1070. The van der Waals surface area contributed by atoms with Gasteiger partial charge in [0.2, 0.25) is 11.8 Å². The highest BCUT2D eigenvalue weighted by Gasteiger charge is 2.26. The van der Waals surface area contributed by atoms with Crippen molar-refractivity contribution in [2.45, 2.75) is 31.9 Å². The second-order valence-corrected chi connectivity index (χ2v) is 8.67. The molecule has 1 aliphatic rings. The van der Waals surface area contributed by atoms with E-state index in [-0.39, 0.29) is 44.3 Å². The van der Waals surface area contributed by atoms with Crippen molar-refractivity contribution in [3.8, 4) is 11.5 Å². The first-order valence-electron chi connectivity index (χ1n) is 12.4. The molecule has 0 radical (unpaired) electrons. The van der Waals surface area contributed by atoms with Crippen LogP contribution in [0.4, 0.5) is 4.79 Å². The van der Waals surface area contributed by atoms with Crippen molar-refractivity contribution in [2.75, 3.05) is 39.9 Å². The summed E-state index contributed by atoms with van der Waals surface area (Å²) in [5, 5.41) is 11.7. The van der Waals surface area contributed by atoms with Gasteiger partial charge in [0.25, 0.3) is 0 Å². The Morgan fingerprint density at radius 3 is 2.03 bits per heavy atom. The maximum absolute atomic E-state index is 12.6. The minimum absolute atomic E-state index is 0.00848. The standard InChI is InChI=1S/C27H33N3O8/c1-36-21-7-9-22(10-8-21)37-18-13-25(32)30-16-14-29(15-17-30)24(31)12-11-23(26(33)34)28-27(35)38-19-20-5-3-2-4-6-20/h2-10,23H,11-19H2,1H3,(H,28,35)(H,33,34)/t23-/m0/s1. The summed E-state index contributed by atoms with van der Waals surface area (Å²) in [5.41, 5.74) is 0.770. The number of nitrogens with zero attached hydrogens (tertiary/aromatic N) is 2. The zero-order valence-electron chi connectivity index (χ0n) is 21.3. The Hall–Kier alpha value is -4.28. The third kappa shape index (κ3) is 8.99. The van der Waals surface area contributed by atoms with E-state index in [4.69, 9.17) is 14.2 Å². The van der Waals surface area contributed by atoms with Crippen LogP contribution in [-0.4, -0.2) is 84.7 Å². The number of carboxylic acid groups (broad SMARTS) is 1. The molecular weight excluding hydrogens is 494 g/mol. The van der Waals surface area contributed by atoms with Gasteiger partial charge in [-0.05, 0) is 36.2 Å². The molecule has 3 rings (SSSR count). The summed E-state index contributed by atoms with van der Waals surface area (Å²) in [6.07, 6.45) is -0.778. The molecule has 2 aromatic carbocycles. The zero-order valence-corrected chi connectivity index (χ0v) is 21.3. The van der Waals surface area contributed by atoms with Gasteiger partial charge in [0.1, 0.15) is 24.1 Å². The summed E-state index contributed by atoms with van der Waals surface area (Å²) >= 11 is 0. The van der Waals surface area contributed by atoms with E-state index >= 15 is 0 Å². The van der Waals surface area contributed by atoms with E-state index in [0.29, 0.717) is 31.9 Å². The number of amides is 3. The van der Waals surface area contributed by atoms with Crippen LogP contribution < -0.4 is 14.8 Å². The van der Waals surface area contributed by atoms with Crippen molar-refractivity contribution in [3.63, 3.8) is 0 Å². The number of hydrogen-bond acceptors (Lipinski definition) is 7. The van der Waals surface area contributed by atoms with E-state index in [0.717, 1.165) is 11.3 Å². The molecule has 0 saturated carbocycles. The van der Waals surface area contributed by atoms with Gasteiger partial charge in [-0.25, -0.2) is 9.59 Å². The van der Waals surface area contributed by atoms with Crippen LogP contribution in [0.1, 0.15) is 24.8 Å². The van der Waals surface area contributed by atoms with Gasteiger partial charge in [0, 0.05) is 32.6 Å². The Morgan fingerprint density at radius 1 is 0.868 bits per heavy atom. The fourth-order valence-corrected chi connectivity index (χ4v) is 3.88. The summed E-state index contributed by atoms with van der Waals surface area (Å²) < 4.78 is 15.8. The van der Waals surface area contributed by atoms with Crippen LogP contribution >= 0.6 is 0 Å². The van der Waals surface area contributed by atoms with Gasteiger partial charge in [0.05, 0.1) is 20.1 Å². The Morgan fingerprint density at radius 2 is 1.45 bits per heavy atom. The highest BCUT2D eigenvalue weighted by Crippen LogP contribution is 2.17. The number of nitrogens with one attached hydrogen (secondary N) is 1. The van der Waals surface area contributed by atoms with Crippen LogP contribution in [0.3, 0.4) is 0 Å². The van der Waals surface area contributed by atoms with Crippen LogP contribution in [0, 0.1) is 0 Å². The van der Waals surface area contributed by atoms with Crippen LogP contribution in [0.15, 0.2) is 54.6 Å². The molecule has 0 aromatic heterocycles. The lowest BCUT2D eigenvalue weighted by atomic mass is 10.1. The maximum atomic E-state index is 12.6. The lowest BCUT2D eigenvalue weighted by Crippen LogP contribution is -2.51. The maximum Gasteiger partial charge on any atom is 0.408 e. The number of methoxy groups -OCH3 is 1. The monoisotopic (exact) mass is 527 g/mol. The second-order valence-electron chi connectivity index (χ2n) is 8.67. The van der Waals surface area contributed by atoms with Gasteiger partial charge in [0.15, 0.2) is 0 Å². The molecule has 204 valence electrons. The van der Waals surface area contributed by atoms with E-state index in [1.165, 1.54) is 0 Å². The van der Waals surface area contributed by atoms with Gasteiger partial charge in [-0.15, -0.1) is 0 Å². The number of benzene rings is 2. The fourth-order valence-electron chi connectivity index (χ4n) is 3.88. The Kier molecular flexibility index (Phi) is 10.8. The molecule has 2 N–H and O–H groups in total. The molecule has 1 aliphatic heterocycles. The summed E-state index contributed by atoms with van der Waals surface area (Å²) in [6, 6.07) is 14.8. The number of ether oxygens (including phenoxy) is 3. The first kappa shape index (κ1) is 28.3. The lowest BCUT2D eigenvalue weighted by molar-refractivity contribution is -0.141. The molecule has 11 heteroatoms. The molecular formula is C27H33N3O8. The summed E-state index contributed by atoms with van der Waals surface area (Å²) in [4.78, 5) is 52.0. The Labute approximate surface area is 221 Å². The van der Waals surface area contributed by atoms with Crippen LogP contribution in [0.25, 0.3) is 0 Å². The molecule has 1 fully saturated rings. The van der Waals surface area contributed by atoms with E-state index in [1.54, 1.807) is 65.4 Å². The minimum Gasteiger partial charge on any atom is -0.497 e. The molecule has 0 spiro atoms. The third-order valence-corrected chi connectivity index (χ3v) is 6.08. The average molecular weight is 528 g/mol. The number of rotatable bonds is 12. The molecule has 1 saturated heterocycles. The number of carboxylic acids is 1. The highest BCUT2D eigenvalue weighted by molar-refractivity contribution is 5.82. The van der Waals surface area contributed by atoms with Crippen molar-refractivity contribution in [1.82, 2.24) is 15.1 Å². The largest absolute Gasteiger partial charge is 0.497 e. The minimum atomic E-state index is -1.25. The quantitative estimate of drug-likeness (QED) is 0.429. The molecule has 1 atom stereocenters. The van der Waals surface area contributed by atoms with Crippen LogP contribution in [0.5, 0.6) is 11.5 Å². The van der Waals surface area contributed by atoms with Crippen molar-refractivity contribution >= 4 is 23.9 Å². The van der Waals surface area contributed by atoms with E-state index in [2.05, 4.69) is 5.32 Å². The van der Waals surface area contributed by atoms with E-state index in [9.17, 15) is 24.3 Å². The van der Waals surface area contributed by atoms with Gasteiger partial charge < -0.3 is 34.4 Å². The van der Waals surface area contributed by atoms with Crippen molar-refractivity contribution in [2.24, 2.45) is 0 Å². The fraction of sp³-hybridized carbons (Fsp3) is 0.407. The molecule has 0 bridgehead atoms. The summed E-state index contributed by atoms with van der Waals surface area (Å²) in [7, 11) is 1.58. The molecule has 3 amide bonds. The van der Waals surface area contributed by atoms with E-state index < -0.39 is 18.1 Å². The molecule has 1 heterocycles. The average Bonchev–Trinajstić information content (AvgIpc) is 2.94. The summed E-state index contributed by atoms with van der Waals surface area (Å²) in [6.45, 7) is 1.73. The van der Waals surface area contributed by atoms with E-state index in [1.807, 2.05) is 6.07 Å². The molecule has 38 heavy (non-hydrogen) atoms. The third-order valence-electron chi connectivity index (χ3n) is 6.08. The normalized spacial score (nSPS) is 13.8.